The second kappa shape index (κ2) is 34.9. The molecule has 0 bridgehead atoms. The third kappa shape index (κ3) is 24.4. The smallest absolute Gasteiger partial charge is 0.688 e. The Morgan fingerprint density at radius 2 is 1.03 bits per heavy atom. The number of unbranched alkanes of at least 4 members (excludes halogenated alkanes) is 3. The van der Waals surface area contributed by atoms with Crippen LogP contribution in [0.3, 0.4) is 0 Å². The average Bonchev–Trinajstić information content (AvgIpc) is 3.29. The molecule has 8 heteroatoms. The standard InChI is InChI=1S/C21H34N3.C18H24NSi.C13H11N2.C6H14.Sc/c1-15(2)19-10-9-11-20(16(3)4)21(19)23-18(6)14-17(5)22-12-13-24(7)8;1-13(2)16-11-8-12-17(14(3)4)18(16)19-20-15-9-6-5-7-10-15;1-3-7-12(8-4-1)14-11-15-13-9-5-2-6-10-13;1-3-5-6-4-2;/h9-11,14-16H,12-13H2,1-8H3;5-14H,20H2,1-4H3;1-11H;3-6H2,1-2H3;/q3*-1;;+3/b18-14-,22-17?;;;;. The number of rotatable bonds is 19. The molecule has 0 aliphatic rings. The molecule has 5 aromatic carbocycles. The van der Waals surface area contributed by atoms with E-state index in [1.54, 1.807) is 6.34 Å². The number of likely N-dealkylation sites (N-methyl/N-ethyl adjacent to an activating group) is 1. The fraction of sp³-hybridized carbons (Fsp3) is 0.414. The molecule has 0 N–H and O–H groups in total. The fourth-order valence-electron chi connectivity index (χ4n) is 6.76. The normalized spacial score (nSPS) is 11.6. The molecule has 0 aliphatic carbocycles. The van der Waals surface area contributed by atoms with Crippen LogP contribution in [0.4, 0.5) is 22.7 Å². The van der Waals surface area contributed by atoms with Gasteiger partial charge in [0, 0.05) is 12.3 Å². The topological polar surface area (TPSA) is 70.3 Å². The first-order valence-electron chi connectivity index (χ1n) is 24.0. The summed E-state index contributed by atoms with van der Waals surface area (Å²) in [6.07, 6.45) is 9.19. The van der Waals surface area contributed by atoms with Gasteiger partial charge in [-0.2, -0.15) is 5.70 Å². The predicted octanol–water partition coefficient (Wildman–Crippen LogP) is 16.8. The number of benzene rings is 5. The van der Waals surface area contributed by atoms with Gasteiger partial charge >= 0.3 is 25.8 Å². The van der Waals surface area contributed by atoms with Crippen LogP contribution in [0.2, 0.25) is 0 Å². The zero-order chi connectivity index (χ0) is 48.0. The van der Waals surface area contributed by atoms with Gasteiger partial charge in [0.15, 0.2) is 0 Å². The maximum atomic E-state index is 5.06. The Balaban J connectivity index is 0.000000470. The monoisotopic (exact) mass is 937 g/mol. The van der Waals surface area contributed by atoms with Gasteiger partial charge in [-0.05, 0) is 65.7 Å². The zero-order valence-electron chi connectivity index (χ0n) is 43.3. The number of nitrogens with zero attached hydrogens (tertiary/aromatic N) is 6. The summed E-state index contributed by atoms with van der Waals surface area (Å²) in [4.78, 5) is 16.0. The van der Waals surface area contributed by atoms with Crippen LogP contribution in [0.1, 0.15) is 155 Å². The van der Waals surface area contributed by atoms with Gasteiger partial charge in [0.1, 0.15) is 0 Å². The first-order chi connectivity index (χ1) is 31.2. The van der Waals surface area contributed by atoms with E-state index in [1.165, 1.54) is 58.8 Å². The molecule has 6 nitrogen and oxygen atoms in total. The maximum absolute atomic E-state index is 5.06. The van der Waals surface area contributed by atoms with E-state index in [1.807, 2.05) is 67.6 Å². The van der Waals surface area contributed by atoms with Crippen molar-refractivity contribution in [3.63, 3.8) is 0 Å². The minimum Gasteiger partial charge on any atom is -0.688 e. The van der Waals surface area contributed by atoms with Crippen molar-refractivity contribution < 1.29 is 25.8 Å². The maximum Gasteiger partial charge on any atom is 3.00 e. The summed E-state index contributed by atoms with van der Waals surface area (Å²) in [7, 11) is 3.54. The van der Waals surface area contributed by atoms with E-state index in [-0.39, 0.29) is 25.8 Å². The van der Waals surface area contributed by atoms with Crippen LogP contribution in [0, 0.1) is 0 Å². The van der Waals surface area contributed by atoms with Crippen LogP contribution in [0.15, 0.2) is 149 Å². The largest absolute Gasteiger partial charge is 3.00 e. The van der Waals surface area contributed by atoms with Crippen LogP contribution in [-0.2, 0) is 25.8 Å². The van der Waals surface area contributed by atoms with E-state index >= 15 is 0 Å². The molecule has 5 rings (SSSR count). The van der Waals surface area contributed by atoms with Crippen LogP contribution in [-0.4, -0.2) is 53.8 Å². The molecule has 0 unspecified atom stereocenters. The SMILES string of the molecule is C(=Nc1ccccc1)[N-]c1ccccc1.CC(/C=C(/C)[N-]c1c(C(C)C)cccc1C(C)C)=NCCN(C)C.CC(C)c1cccc(C(C)C)c1[N-][SiH2]c1ccccc1.CCCCCC.[Sc+3]. The predicted molar refractivity (Wildman–Crippen MR) is 294 cm³/mol. The molecule has 0 amide bonds. The van der Waals surface area contributed by atoms with Crippen molar-refractivity contribution in [1.82, 2.24) is 4.90 Å². The van der Waals surface area contributed by atoms with Crippen LogP contribution in [0.5, 0.6) is 0 Å². The number of hydrogen-bond acceptors (Lipinski definition) is 3. The van der Waals surface area contributed by atoms with Gasteiger partial charge in [-0.25, -0.2) is 0 Å². The Labute approximate surface area is 424 Å². The van der Waals surface area contributed by atoms with Gasteiger partial charge in [-0.1, -0.05) is 269 Å². The molecule has 0 fully saturated rings. The molecular weight excluding hydrogens is 854 g/mol. The Hall–Kier alpha value is -4.37. The Bertz CT molecular complexity index is 2040. The second-order valence-corrected chi connectivity index (χ2v) is 19.4. The first kappa shape index (κ1) is 59.6. The molecule has 0 spiro atoms. The van der Waals surface area contributed by atoms with Gasteiger partial charge in [-0.15, -0.1) is 11.4 Å². The molecule has 0 saturated carbocycles. The van der Waals surface area contributed by atoms with E-state index in [9.17, 15) is 0 Å². The quantitative estimate of drug-likeness (QED) is 0.0352. The van der Waals surface area contributed by atoms with Crippen molar-refractivity contribution in [2.75, 3.05) is 27.2 Å². The molecule has 5 aromatic rings. The van der Waals surface area contributed by atoms with Gasteiger partial charge in [0.25, 0.3) is 0 Å². The summed E-state index contributed by atoms with van der Waals surface area (Å²) in [6, 6.07) is 43.4. The van der Waals surface area contributed by atoms with Crippen molar-refractivity contribution in [2.45, 2.75) is 132 Å². The van der Waals surface area contributed by atoms with Gasteiger partial charge in [0.2, 0.25) is 0 Å². The van der Waals surface area contributed by atoms with Crippen molar-refractivity contribution in [3.05, 3.63) is 177 Å². The van der Waals surface area contributed by atoms with E-state index in [0.717, 1.165) is 41.6 Å². The summed E-state index contributed by atoms with van der Waals surface area (Å²) in [5.41, 5.74) is 11.7. The summed E-state index contributed by atoms with van der Waals surface area (Å²) in [6.45, 7) is 28.3. The van der Waals surface area contributed by atoms with Crippen molar-refractivity contribution >= 4 is 49.7 Å². The second-order valence-electron chi connectivity index (χ2n) is 18.0. The van der Waals surface area contributed by atoms with Crippen molar-refractivity contribution in [3.8, 4) is 0 Å². The molecule has 0 heterocycles. The molecule has 0 aliphatic heterocycles. The Kier molecular flexibility index (Phi) is 31.5. The zero-order valence-corrected chi connectivity index (χ0v) is 46.5. The third-order valence-corrected chi connectivity index (χ3v) is 11.8. The summed E-state index contributed by atoms with van der Waals surface area (Å²) in [5, 5.41) is 10.6. The Morgan fingerprint density at radius 1 is 0.591 bits per heavy atom. The number of hydrogen-bond donors (Lipinski definition) is 0. The van der Waals surface area contributed by atoms with Crippen molar-refractivity contribution in [2.24, 2.45) is 9.98 Å². The average molecular weight is 937 g/mol. The van der Waals surface area contributed by atoms with Gasteiger partial charge in [0.05, 0.1) is 6.54 Å². The van der Waals surface area contributed by atoms with E-state index in [4.69, 9.17) is 10.3 Å². The number of para-hydroxylation sites is 3. The summed E-state index contributed by atoms with van der Waals surface area (Å²) in [5.74, 6) is 1.98. The molecule has 66 heavy (non-hydrogen) atoms. The molecular formula is C58H83N6ScSi. The molecule has 0 atom stereocenters. The van der Waals surface area contributed by atoms with E-state index in [2.05, 4.69) is 183 Å². The van der Waals surface area contributed by atoms with Gasteiger partial charge in [-0.3, -0.25) is 4.99 Å². The fourth-order valence-corrected chi connectivity index (χ4v) is 7.95. The van der Waals surface area contributed by atoms with Crippen LogP contribution in [0.25, 0.3) is 15.6 Å². The number of aliphatic imine (C=N–C) groups is 2. The molecule has 352 valence electrons. The summed E-state index contributed by atoms with van der Waals surface area (Å²) >= 11 is 0. The summed E-state index contributed by atoms with van der Waals surface area (Å²) < 4.78 is 0. The minimum atomic E-state index is -0.591. The molecule has 0 radical (unpaired) electrons. The first-order valence-corrected chi connectivity index (χ1v) is 25.4. The van der Waals surface area contributed by atoms with Crippen LogP contribution < -0.4 is 5.19 Å². The number of allylic oxidation sites excluding steroid dienone is 2. The van der Waals surface area contributed by atoms with E-state index in [0.29, 0.717) is 23.7 Å². The Morgan fingerprint density at radius 3 is 1.47 bits per heavy atom. The van der Waals surface area contributed by atoms with Crippen molar-refractivity contribution in [1.29, 1.82) is 0 Å². The van der Waals surface area contributed by atoms with Gasteiger partial charge < -0.3 is 25.5 Å². The minimum absolute atomic E-state index is 0. The molecule has 0 saturated heterocycles. The van der Waals surface area contributed by atoms with Crippen LogP contribution >= 0.6 is 0 Å². The van der Waals surface area contributed by atoms with E-state index < -0.39 is 9.68 Å². The molecule has 0 aromatic heterocycles. The third-order valence-electron chi connectivity index (χ3n) is 10.4.